The predicted octanol–water partition coefficient (Wildman–Crippen LogP) is 2.78. The minimum atomic E-state index is -1.11. The average Bonchev–Trinajstić information content (AvgIpc) is 3.13. The first-order valence-corrected chi connectivity index (χ1v) is 8.64. The van der Waals surface area contributed by atoms with Crippen LogP contribution in [0.25, 0.3) is 10.9 Å². The van der Waals surface area contributed by atoms with Gasteiger partial charge in [-0.2, -0.15) is 0 Å². The van der Waals surface area contributed by atoms with Crippen molar-refractivity contribution >= 4 is 28.4 Å². The molecule has 0 aliphatic carbocycles. The second kappa shape index (κ2) is 6.72. The van der Waals surface area contributed by atoms with E-state index >= 15 is 0 Å². The summed E-state index contributed by atoms with van der Waals surface area (Å²) in [5.74, 6) is -0.595. The number of nitrogens with zero attached hydrogens (tertiary/aromatic N) is 1. The number of aliphatic hydroxyl groups excluding tert-OH is 1. The molecule has 4 rings (SSSR count). The Hall–Kier alpha value is -2.41. The molecule has 2 unspecified atom stereocenters. The van der Waals surface area contributed by atoms with Gasteiger partial charge in [0.25, 0.3) is 0 Å². The van der Waals surface area contributed by atoms with Crippen molar-refractivity contribution in [3.8, 4) is 0 Å². The molecule has 0 spiro atoms. The van der Waals surface area contributed by atoms with Gasteiger partial charge in [-0.15, -0.1) is 0 Å². The zero-order valence-corrected chi connectivity index (χ0v) is 14.5. The number of carbonyl (C=O) groups is 1. The third-order valence-electron chi connectivity index (χ3n) is 4.64. The van der Waals surface area contributed by atoms with Crippen LogP contribution in [0.15, 0.2) is 48.7 Å². The molecular formula is C19H17ClFN3O2. The van der Waals surface area contributed by atoms with Crippen molar-refractivity contribution in [1.29, 1.82) is 0 Å². The molecule has 0 saturated carbocycles. The van der Waals surface area contributed by atoms with Crippen LogP contribution in [0.2, 0.25) is 5.02 Å². The number of para-hydroxylation sites is 1. The summed E-state index contributed by atoms with van der Waals surface area (Å²) in [6, 6.07) is 11.0. The maximum Gasteiger partial charge on any atom is 0.243 e. The van der Waals surface area contributed by atoms with E-state index in [0.29, 0.717) is 17.0 Å². The summed E-state index contributed by atoms with van der Waals surface area (Å²) in [5.41, 5.74) is 2.39. The highest BCUT2D eigenvalue weighted by atomic mass is 35.5. The molecule has 1 saturated heterocycles. The van der Waals surface area contributed by atoms with E-state index in [2.05, 4.69) is 10.3 Å². The fraction of sp³-hybridized carbons (Fsp3) is 0.211. The molecule has 1 fully saturated rings. The number of aromatic nitrogens is 1. The maximum atomic E-state index is 13.3. The molecule has 1 amide bonds. The smallest absolute Gasteiger partial charge is 0.243 e. The van der Waals surface area contributed by atoms with Crippen LogP contribution < -0.4 is 5.32 Å². The summed E-state index contributed by atoms with van der Waals surface area (Å²) in [6.07, 6.45) is 1.13. The molecule has 2 heterocycles. The molecule has 1 aliphatic heterocycles. The monoisotopic (exact) mass is 373 g/mol. The number of hydrogen-bond acceptors (Lipinski definition) is 3. The second-order valence-corrected chi connectivity index (χ2v) is 6.78. The minimum Gasteiger partial charge on any atom is -0.361 e. The average molecular weight is 374 g/mol. The lowest BCUT2D eigenvalue weighted by Gasteiger charge is -2.19. The lowest BCUT2D eigenvalue weighted by Crippen LogP contribution is -2.36. The van der Waals surface area contributed by atoms with Gasteiger partial charge in [0.15, 0.2) is 6.35 Å². The van der Waals surface area contributed by atoms with Gasteiger partial charge in [0.1, 0.15) is 5.82 Å². The quantitative estimate of drug-likeness (QED) is 0.658. The molecule has 2 aromatic carbocycles. The Labute approximate surface area is 154 Å². The van der Waals surface area contributed by atoms with Crippen molar-refractivity contribution in [2.75, 3.05) is 0 Å². The van der Waals surface area contributed by atoms with Gasteiger partial charge < -0.3 is 10.1 Å². The second-order valence-electron chi connectivity index (χ2n) is 6.37. The van der Waals surface area contributed by atoms with E-state index in [1.54, 1.807) is 18.2 Å². The van der Waals surface area contributed by atoms with Crippen LogP contribution in [0.5, 0.6) is 0 Å². The highest BCUT2D eigenvalue weighted by Gasteiger charge is 2.38. The van der Waals surface area contributed by atoms with Crippen molar-refractivity contribution in [3.63, 3.8) is 0 Å². The van der Waals surface area contributed by atoms with Crippen LogP contribution in [0.4, 0.5) is 4.39 Å². The van der Waals surface area contributed by atoms with E-state index < -0.39 is 12.4 Å². The third kappa shape index (κ3) is 3.07. The number of H-pyrrole nitrogens is 1. The van der Waals surface area contributed by atoms with Gasteiger partial charge in [0.2, 0.25) is 5.91 Å². The Kier molecular flexibility index (Phi) is 4.40. The highest BCUT2D eigenvalue weighted by molar-refractivity contribution is 6.35. The van der Waals surface area contributed by atoms with Gasteiger partial charge in [-0.3, -0.25) is 15.0 Å². The Bertz CT molecular complexity index is 974. The van der Waals surface area contributed by atoms with Gasteiger partial charge in [0, 0.05) is 18.1 Å². The molecule has 26 heavy (non-hydrogen) atoms. The fourth-order valence-corrected chi connectivity index (χ4v) is 3.60. The summed E-state index contributed by atoms with van der Waals surface area (Å²) < 4.78 is 13.3. The Morgan fingerprint density at radius 3 is 2.85 bits per heavy atom. The normalized spacial score (nSPS) is 20.3. The number of halogens is 2. The zero-order valence-electron chi connectivity index (χ0n) is 13.7. The molecular weight excluding hydrogens is 357 g/mol. The molecule has 0 bridgehead atoms. The molecule has 0 radical (unpaired) electrons. The van der Waals surface area contributed by atoms with Crippen LogP contribution in [0.3, 0.4) is 0 Å². The number of fused-ring (bicyclic) bond motifs is 1. The van der Waals surface area contributed by atoms with Gasteiger partial charge in [-0.25, -0.2) is 4.39 Å². The van der Waals surface area contributed by atoms with Crippen molar-refractivity contribution < 1.29 is 14.3 Å². The number of aliphatic hydroxyl groups is 1. The summed E-state index contributed by atoms with van der Waals surface area (Å²) in [7, 11) is 0. The summed E-state index contributed by atoms with van der Waals surface area (Å²) in [6.45, 7) is 0.140. The number of benzene rings is 2. The molecule has 5 nitrogen and oxygen atoms in total. The number of rotatable bonds is 4. The van der Waals surface area contributed by atoms with Crippen LogP contribution in [-0.4, -0.2) is 33.3 Å². The van der Waals surface area contributed by atoms with Crippen molar-refractivity contribution in [1.82, 2.24) is 15.2 Å². The fourth-order valence-electron chi connectivity index (χ4n) is 3.37. The number of hydrogen-bond donors (Lipinski definition) is 3. The van der Waals surface area contributed by atoms with Gasteiger partial charge in [-0.05, 0) is 35.7 Å². The molecule has 1 aliphatic rings. The van der Waals surface area contributed by atoms with Gasteiger partial charge in [0.05, 0.1) is 16.6 Å². The molecule has 7 heteroatoms. The van der Waals surface area contributed by atoms with E-state index in [1.165, 1.54) is 17.0 Å². The van der Waals surface area contributed by atoms with E-state index in [9.17, 15) is 14.3 Å². The molecule has 3 N–H and O–H groups in total. The standard InChI is InChI=1S/C19H17ClFN3O2/c20-15-6-2-5-14-12(9-22-17(14)15)8-16-18(25)24(19(26)23-16)10-11-3-1-4-13(21)7-11/h1-7,9,16,19,22-23,26H,8,10H2. The summed E-state index contributed by atoms with van der Waals surface area (Å²) in [5, 5.41) is 14.7. The summed E-state index contributed by atoms with van der Waals surface area (Å²) in [4.78, 5) is 17.1. The van der Waals surface area contributed by atoms with E-state index in [1.807, 2.05) is 18.3 Å². The van der Waals surface area contributed by atoms with E-state index in [4.69, 9.17) is 11.6 Å². The summed E-state index contributed by atoms with van der Waals surface area (Å²) >= 11 is 6.17. The Balaban J connectivity index is 1.53. The van der Waals surface area contributed by atoms with Crippen molar-refractivity contribution in [2.24, 2.45) is 0 Å². The van der Waals surface area contributed by atoms with E-state index in [0.717, 1.165) is 16.5 Å². The lowest BCUT2D eigenvalue weighted by atomic mass is 10.0. The topological polar surface area (TPSA) is 68.4 Å². The highest BCUT2D eigenvalue weighted by Crippen LogP contribution is 2.27. The van der Waals surface area contributed by atoms with Crippen LogP contribution in [0, 0.1) is 5.82 Å². The minimum absolute atomic E-state index is 0.140. The van der Waals surface area contributed by atoms with Gasteiger partial charge >= 0.3 is 0 Å². The molecule has 1 aromatic heterocycles. The first kappa shape index (κ1) is 17.0. The first-order valence-electron chi connectivity index (χ1n) is 8.26. The first-order chi connectivity index (χ1) is 12.5. The number of carbonyl (C=O) groups excluding carboxylic acids is 1. The van der Waals surface area contributed by atoms with Crippen LogP contribution in [-0.2, 0) is 17.8 Å². The molecule has 134 valence electrons. The molecule has 2 atom stereocenters. The number of aromatic amines is 1. The number of amides is 1. The zero-order chi connectivity index (χ0) is 18.3. The molecule has 3 aromatic rings. The number of nitrogens with one attached hydrogen (secondary N) is 2. The van der Waals surface area contributed by atoms with Crippen LogP contribution >= 0.6 is 11.6 Å². The van der Waals surface area contributed by atoms with Crippen molar-refractivity contribution in [3.05, 3.63) is 70.6 Å². The lowest BCUT2D eigenvalue weighted by molar-refractivity contribution is -0.134. The van der Waals surface area contributed by atoms with Gasteiger partial charge in [-0.1, -0.05) is 35.9 Å². The Morgan fingerprint density at radius 2 is 2.04 bits per heavy atom. The maximum absolute atomic E-state index is 13.3. The van der Waals surface area contributed by atoms with Crippen LogP contribution in [0.1, 0.15) is 11.1 Å². The van der Waals surface area contributed by atoms with E-state index in [-0.39, 0.29) is 18.3 Å². The van der Waals surface area contributed by atoms with Crippen molar-refractivity contribution in [2.45, 2.75) is 25.4 Å². The third-order valence-corrected chi connectivity index (χ3v) is 4.96. The largest absolute Gasteiger partial charge is 0.361 e. The predicted molar refractivity (Wildman–Crippen MR) is 96.9 cm³/mol. The SMILES string of the molecule is O=C1C(Cc2c[nH]c3c(Cl)cccc23)NC(O)N1Cc1cccc(F)c1. The Morgan fingerprint density at radius 1 is 1.23 bits per heavy atom.